The number of nitrogens with zero attached hydrogens (tertiary/aromatic N) is 1. The van der Waals surface area contributed by atoms with Gasteiger partial charge in [0, 0.05) is 19.0 Å². The van der Waals surface area contributed by atoms with Crippen LogP contribution in [0.4, 0.5) is 0 Å². The molecule has 2 rings (SSSR count). The van der Waals surface area contributed by atoms with Gasteiger partial charge in [-0.25, -0.2) is 0 Å². The molecule has 1 aliphatic rings. The van der Waals surface area contributed by atoms with E-state index in [4.69, 9.17) is 5.11 Å². The van der Waals surface area contributed by atoms with E-state index in [9.17, 15) is 4.79 Å². The topological polar surface area (TPSA) is 40.5 Å². The molecule has 3 heteroatoms. The molecule has 0 spiro atoms. The third kappa shape index (κ3) is 3.83. The molecule has 0 saturated heterocycles. The second kappa shape index (κ2) is 7.44. The minimum absolute atomic E-state index is 0.0629. The lowest BCUT2D eigenvalue weighted by atomic mass is 9.91. The first-order chi connectivity index (χ1) is 9.74. The maximum absolute atomic E-state index is 12.3. The van der Waals surface area contributed by atoms with Crippen molar-refractivity contribution in [3.05, 3.63) is 35.4 Å². The van der Waals surface area contributed by atoms with Crippen molar-refractivity contribution in [1.29, 1.82) is 0 Å². The summed E-state index contributed by atoms with van der Waals surface area (Å²) in [6.07, 6.45) is 5.77. The van der Waals surface area contributed by atoms with Crippen molar-refractivity contribution in [3.63, 3.8) is 0 Å². The summed E-state index contributed by atoms with van der Waals surface area (Å²) in [7, 11) is 0. The monoisotopic (exact) mass is 275 g/mol. The van der Waals surface area contributed by atoms with E-state index in [-0.39, 0.29) is 12.5 Å². The molecule has 1 aromatic carbocycles. The lowest BCUT2D eigenvalue weighted by molar-refractivity contribution is -0.135. The summed E-state index contributed by atoms with van der Waals surface area (Å²) in [4.78, 5) is 14.2. The number of aliphatic hydroxyl groups excluding tert-OH is 1. The maximum atomic E-state index is 12.3. The van der Waals surface area contributed by atoms with Gasteiger partial charge in [-0.1, -0.05) is 31.2 Å². The van der Waals surface area contributed by atoms with Gasteiger partial charge in [-0.15, -0.1) is 0 Å². The van der Waals surface area contributed by atoms with E-state index in [1.165, 1.54) is 17.5 Å². The molecule has 1 aliphatic carbocycles. The van der Waals surface area contributed by atoms with E-state index in [1.807, 2.05) is 4.90 Å². The van der Waals surface area contributed by atoms with E-state index in [0.717, 1.165) is 25.7 Å². The molecule has 1 saturated carbocycles. The lowest BCUT2D eigenvalue weighted by Crippen LogP contribution is -2.45. The number of carbonyl (C=O) groups is 1. The molecule has 0 bridgehead atoms. The van der Waals surface area contributed by atoms with Gasteiger partial charge in [0.1, 0.15) is 0 Å². The normalized spacial score (nSPS) is 14.9. The Bertz CT molecular complexity index is 423. The average molecular weight is 275 g/mol. The van der Waals surface area contributed by atoms with Crippen LogP contribution in [0.25, 0.3) is 0 Å². The van der Waals surface area contributed by atoms with Crippen LogP contribution in [0.1, 0.15) is 43.7 Å². The van der Waals surface area contributed by atoms with Gasteiger partial charge < -0.3 is 10.0 Å². The van der Waals surface area contributed by atoms with Crippen molar-refractivity contribution in [2.24, 2.45) is 0 Å². The average Bonchev–Trinajstić information content (AvgIpc) is 2.43. The van der Waals surface area contributed by atoms with Crippen molar-refractivity contribution >= 4 is 5.91 Å². The Morgan fingerprint density at radius 2 is 1.90 bits per heavy atom. The van der Waals surface area contributed by atoms with Crippen LogP contribution in [0.5, 0.6) is 0 Å². The first-order valence-corrected chi connectivity index (χ1v) is 7.72. The third-order valence-electron chi connectivity index (χ3n) is 4.24. The highest BCUT2D eigenvalue weighted by atomic mass is 16.3. The highest BCUT2D eigenvalue weighted by Gasteiger charge is 2.27. The Hall–Kier alpha value is -1.35. The minimum Gasteiger partial charge on any atom is -0.395 e. The maximum Gasteiger partial charge on any atom is 0.223 e. The zero-order chi connectivity index (χ0) is 14.4. The number of benzene rings is 1. The van der Waals surface area contributed by atoms with E-state index in [1.54, 1.807) is 0 Å². The minimum atomic E-state index is 0.0629. The number of hydrogen-bond acceptors (Lipinski definition) is 2. The van der Waals surface area contributed by atoms with Crippen LogP contribution in [0.15, 0.2) is 24.3 Å². The SMILES string of the molecule is CCc1ccc(CCC(=O)N(CCO)C2CCC2)cc1. The first kappa shape index (κ1) is 15.0. The van der Waals surface area contributed by atoms with Gasteiger partial charge in [0.15, 0.2) is 0 Å². The van der Waals surface area contributed by atoms with Crippen LogP contribution in [0.2, 0.25) is 0 Å². The van der Waals surface area contributed by atoms with Crippen LogP contribution in [0.3, 0.4) is 0 Å². The molecule has 1 amide bonds. The zero-order valence-electron chi connectivity index (χ0n) is 12.3. The second-order valence-corrected chi connectivity index (χ2v) is 5.57. The third-order valence-corrected chi connectivity index (χ3v) is 4.24. The van der Waals surface area contributed by atoms with E-state index in [2.05, 4.69) is 31.2 Å². The number of amides is 1. The number of carbonyl (C=O) groups excluding carboxylic acids is 1. The molecule has 20 heavy (non-hydrogen) atoms. The molecular formula is C17H25NO2. The van der Waals surface area contributed by atoms with Gasteiger partial charge in [0.05, 0.1) is 6.61 Å². The van der Waals surface area contributed by atoms with Crippen molar-refractivity contribution in [2.45, 2.75) is 51.5 Å². The smallest absolute Gasteiger partial charge is 0.223 e. The van der Waals surface area contributed by atoms with E-state index >= 15 is 0 Å². The molecule has 0 atom stereocenters. The van der Waals surface area contributed by atoms with Gasteiger partial charge in [0.2, 0.25) is 5.91 Å². The van der Waals surface area contributed by atoms with Crippen LogP contribution in [-0.2, 0) is 17.6 Å². The molecule has 0 aliphatic heterocycles. The molecule has 1 fully saturated rings. The summed E-state index contributed by atoms with van der Waals surface area (Å²) in [5, 5.41) is 9.10. The quantitative estimate of drug-likeness (QED) is 0.831. The molecule has 1 N–H and O–H groups in total. The predicted molar refractivity (Wildman–Crippen MR) is 80.6 cm³/mol. The summed E-state index contributed by atoms with van der Waals surface area (Å²) < 4.78 is 0. The molecule has 0 radical (unpaired) electrons. The highest BCUT2D eigenvalue weighted by molar-refractivity contribution is 5.77. The Morgan fingerprint density at radius 1 is 1.25 bits per heavy atom. The zero-order valence-corrected chi connectivity index (χ0v) is 12.3. The summed E-state index contributed by atoms with van der Waals surface area (Å²) >= 11 is 0. The molecule has 0 heterocycles. The van der Waals surface area contributed by atoms with Gasteiger partial charge >= 0.3 is 0 Å². The van der Waals surface area contributed by atoms with Crippen molar-refractivity contribution in [2.75, 3.05) is 13.2 Å². The number of hydrogen-bond donors (Lipinski definition) is 1. The van der Waals surface area contributed by atoms with Crippen LogP contribution in [-0.4, -0.2) is 35.1 Å². The summed E-state index contributed by atoms with van der Waals surface area (Å²) in [6.45, 7) is 2.69. The number of aryl methyl sites for hydroxylation is 2. The van der Waals surface area contributed by atoms with Crippen molar-refractivity contribution in [3.8, 4) is 0 Å². The molecule has 110 valence electrons. The summed E-state index contributed by atoms with van der Waals surface area (Å²) in [6, 6.07) is 8.88. The molecule has 0 unspecified atom stereocenters. The fourth-order valence-electron chi connectivity index (χ4n) is 2.65. The van der Waals surface area contributed by atoms with Crippen LogP contribution < -0.4 is 0 Å². The molecule has 0 aromatic heterocycles. The van der Waals surface area contributed by atoms with Crippen molar-refractivity contribution < 1.29 is 9.90 Å². The fraction of sp³-hybridized carbons (Fsp3) is 0.588. The summed E-state index contributed by atoms with van der Waals surface area (Å²) in [5.74, 6) is 0.184. The van der Waals surface area contributed by atoms with Crippen molar-refractivity contribution in [1.82, 2.24) is 4.90 Å². The fourth-order valence-corrected chi connectivity index (χ4v) is 2.65. The van der Waals surface area contributed by atoms with Crippen LogP contribution in [0, 0.1) is 0 Å². The Morgan fingerprint density at radius 3 is 2.40 bits per heavy atom. The predicted octanol–water partition coefficient (Wildman–Crippen LogP) is 2.56. The standard InChI is InChI=1S/C17H25NO2/c1-2-14-6-8-15(9-7-14)10-11-17(20)18(12-13-19)16-4-3-5-16/h6-9,16,19H,2-5,10-13H2,1H3. The van der Waals surface area contributed by atoms with Gasteiger partial charge in [-0.3, -0.25) is 4.79 Å². The van der Waals surface area contributed by atoms with Crippen LogP contribution >= 0.6 is 0 Å². The van der Waals surface area contributed by atoms with E-state index in [0.29, 0.717) is 19.0 Å². The molecule has 1 aromatic rings. The summed E-state index contributed by atoms with van der Waals surface area (Å²) in [5.41, 5.74) is 2.55. The Kier molecular flexibility index (Phi) is 5.60. The number of rotatable bonds is 7. The molecular weight excluding hydrogens is 250 g/mol. The number of aliphatic hydroxyl groups is 1. The largest absolute Gasteiger partial charge is 0.395 e. The first-order valence-electron chi connectivity index (χ1n) is 7.72. The van der Waals surface area contributed by atoms with Gasteiger partial charge in [0.25, 0.3) is 0 Å². The lowest BCUT2D eigenvalue weighted by Gasteiger charge is -2.37. The van der Waals surface area contributed by atoms with Gasteiger partial charge in [-0.05, 0) is 43.2 Å². The van der Waals surface area contributed by atoms with Gasteiger partial charge in [-0.2, -0.15) is 0 Å². The second-order valence-electron chi connectivity index (χ2n) is 5.57. The molecule has 3 nitrogen and oxygen atoms in total. The highest BCUT2D eigenvalue weighted by Crippen LogP contribution is 2.25. The Balaban J connectivity index is 1.85. The Labute approximate surface area is 121 Å². The van der Waals surface area contributed by atoms with E-state index < -0.39 is 0 Å².